The van der Waals surface area contributed by atoms with E-state index >= 15 is 0 Å². The number of H-pyrrole nitrogens is 1. The average molecular weight is 218 g/mol. The molecule has 2 heterocycles. The van der Waals surface area contributed by atoms with Gasteiger partial charge in [-0.15, -0.1) is 0 Å². The number of nitrogens with zero attached hydrogens (tertiary/aromatic N) is 1. The maximum atomic E-state index is 11.7. The van der Waals surface area contributed by atoms with Gasteiger partial charge in [-0.1, -0.05) is 0 Å². The van der Waals surface area contributed by atoms with Crippen LogP contribution in [0.15, 0.2) is 38.5 Å². The Bertz CT molecular complexity index is 586. The zero-order valence-corrected chi connectivity index (χ0v) is 8.47. The Labute approximate surface area is 90.3 Å². The van der Waals surface area contributed by atoms with Crippen molar-refractivity contribution in [2.75, 3.05) is 0 Å². The first-order valence-electron chi connectivity index (χ1n) is 5.15. The minimum atomic E-state index is -0.360. The Morgan fingerprint density at radius 1 is 1.38 bits per heavy atom. The number of aromatic amines is 1. The third kappa shape index (κ3) is 1.41. The fraction of sp³-hybridized carbons (Fsp3) is 0.273. The molecule has 1 aliphatic carbocycles. The Kier molecular flexibility index (Phi) is 1.86. The summed E-state index contributed by atoms with van der Waals surface area (Å²) in [5, 5.41) is 0. The normalized spacial score (nSPS) is 15.2. The van der Waals surface area contributed by atoms with Crippen LogP contribution >= 0.6 is 0 Å². The molecule has 0 saturated heterocycles. The molecule has 5 heteroatoms. The van der Waals surface area contributed by atoms with Gasteiger partial charge in [0.25, 0.3) is 5.56 Å². The van der Waals surface area contributed by atoms with Gasteiger partial charge < -0.3 is 9.40 Å². The molecule has 0 amide bonds. The van der Waals surface area contributed by atoms with Gasteiger partial charge in [-0.2, -0.15) is 0 Å². The quantitative estimate of drug-likeness (QED) is 0.821. The second-order valence-corrected chi connectivity index (χ2v) is 3.90. The fourth-order valence-corrected chi connectivity index (χ4v) is 1.75. The predicted molar refractivity (Wildman–Crippen MR) is 57.3 cm³/mol. The van der Waals surface area contributed by atoms with E-state index in [-0.39, 0.29) is 17.3 Å². The summed E-state index contributed by atoms with van der Waals surface area (Å²) in [4.78, 5) is 26.1. The van der Waals surface area contributed by atoms with Crippen LogP contribution in [0.5, 0.6) is 0 Å². The molecular formula is C11H10N2O3. The lowest BCUT2D eigenvalue weighted by molar-refractivity contribution is 0.576. The van der Waals surface area contributed by atoms with Gasteiger partial charge >= 0.3 is 5.69 Å². The van der Waals surface area contributed by atoms with Crippen molar-refractivity contribution in [2.24, 2.45) is 0 Å². The highest BCUT2D eigenvalue weighted by Gasteiger charge is 2.26. The van der Waals surface area contributed by atoms with E-state index in [1.807, 2.05) is 0 Å². The zero-order valence-electron chi connectivity index (χ0n) is 8.47. The Balaban J connectivity index is 2.17. The standard InChI is InChI=1S/C11H10N2O3/c14-10-6-8(9-2-1-5-16-9)12-11(15)13(10)7-3-4-7/h1-2,5-7H,3-4H2,(H,12,15). The van der Waals surface area contributed by atoms with E-state index in [1.54, 1.807) is 12.1 Å². The van der Waals surface area contributed by atoms with Crippen LogP contribution in [0, 0.1) is 0 Å². The molecule has 0 radical (unpaired) electrons. The second kappa shape index (κ2) is 3.23. The van der Waals surface area contributed by atoms with Crippen LogP contribution < -0.4 is 11.2 Å². The molecule has 0 atom stereocenters. The topological polar surface area (TPSA) is 68.0 Å². The van der Waals surface area contributed by atoms with Crippen molar-refractivity contribution in [1.29, 1.82) is 0 Å². The molecule has 16 heavy (non-hydrogen) atoms. The summed E-state index contributed by atoms with van der Waals surface area (Å²) in [5.74, 6) is 0.497. The van der Waals surface area contributed by atoms with E-state index in [4.69, 9.17) is 4.42 Å². The van der Waals surface area contributed by atoms with Crippen LogP contribution in [-0.4, -0.2) is 9.55 Å². The molecule has 0 bridgehead atoms. The minimum Gasteiger partial charge on any atom is -0.463 e. The molecule has 3 rings (SSSR count). The molecule has 1 saturated carbocycles. The highest BCUT2D eigenvalue weighted by Crippen LogP contribution is 2.32. The largest absolute Gasteiger partial charge is 0.463 e. The highest BCUT2D eigenvalue weighted by molar-refractivity contribution is 5.50. The van der Waals surface area contributed by atoms with Gasteiger partial charge in [-0.3, -0.25) is 9.36 Å². The van der Waals surface area contributed by atoms with Crippen LogP contribution in [0.2, 0.25) is 0 Å². The highest BCUT2D eigenvalue weighted by atomic mass is 16.3. The maximum absolute atomic E-state index is 11.7. The van der Waals surface area contributed by atoms with E-state index in [0.717, 1.165) is 12.8 Å². The molecule has 1 aliphatic rings. The van der Waals surface area contributed by atoms with Crippen molar-refractivity contribution in [3.8, 4) is 11.5 Å². The molecule has 2 aromatic heterocycles. The van der Waals surface area contributed by atoms with E-state index in [0.29, 0.717) is 11.5 Å². The van der Waals surface area contributed by atoms with Gasteiger partial charge in [0.1, 0.15) is 5.76 Å². The number of rotatable bonds is 2. The van der Waals surface area contributed by atoms with Crippen molar-refractivity contribution in [1.82, 2.24) is 9.55 Å². The van der Waals surface area contributed by atoms with E-state index in [2.05, 4.69) is 4.98 Å². The van der Waals surface area contributed by atoms with Gasteiger partial charge in [0.05, 0.1) is 12.0 Å². The molecule has 0 aromatic carbocycles. The van der Waals surface area contributed by atoms with Crippen LogP contribution in [0.1, 0.15) is 18.9 Å². The first kappa shape index (κ1) is 9.21. The smallest absolute Gasteiger partial charge is 0.329 e. The van der Waals surface area contributed by atoms with Crippen LogP contribution in [0.3, 0.4) is 0 Å². The third-order valence-electron chi connectivity index (χ3n) is 2.66. The zero-order chi connectivity index (χ0) is 11.1. The molecule has 82 valence electrons. The van der Waals surface area contributed by atoms with Crippen LogP contribution in [-0.2, 0) is 0 Å². The molecule has 1 N–H and O–H groups in total. The first-order valence-corrected chi connectivity index (χ1v) is 5.15. The summed E-state index contributed by atoms with van der Waals surface area (Å²) in [6.45, 7) is 0. The molecule has 5 nitrogen and oxygen atoms in total. The molecule has 0 spiro atoms. The fourth-order valence-electron chi connectivity index (χ4n) is 1.75. The van der Waals surface area contributed by atoms with Crippen molar-refractivity contribution in [3.05, 3.63) is 45.3 Å². The minimum absolute atomic E-state index is 0.0851. The van der Waals surface area contributed by atoms with Crippen molar-refractivity contribution in [2.45, 2.75) is 18.9 Å². The average Bonchev–Trinajstić information content (AvgIpc) is 2.92. The Morgan fingerprint density at radius 3 is 2.75 bits per heavy atom. The summed E-state index contributed by atoms with van der Waals surface area (Å²) >= 11 is 0. The Morgan fingerprint density at radius 2 is 2.19 bits per heavy atom. The molecule has 2 aromatic rings. The number of furan rings is 1. The van der Waals surface area contributed by atoms with E-state index in [9.17, 15) is 9.59 Å². The summed E-state index contributed by atoms with van der Waals surface area (Å²) < 4.78 is 6.40. The van der Waals surface area contributed by atoms with Gasteiger partial charge in [0, 0.05) is 12.1 Å². The second-order valence-electron chi connectivity index (χ2n) is 3.90. The summed E-state index contributed by atoms with van der Waals surface area (Å²) in [6, 6.07) is 4.90. The van der Waals surface area contributed by atoms with Gasteiger partial charge in [0.15, 0.2) is 0 Å². The molecule has 0 aliphatic heterocycles. The SMILES string of the molecule is O=c1cc(-c2ccco2)[nH]c(=O)n1C1CC1. The van der Waals surface area contributed by atoms with Crippen LogP contribution in [0.25, 0.3) is 11.5 Å². The van der Waals surface area contributed by atoms with Crippen molar-refractivity contribution < 1.29 is 4.42 Å². The maximum Gasteiger partial charge on any atom is 0.329 e. The number of nitrogens with one attached hydrogen (secondary N) is 1. The lowest BCUT2D eigenvalue weighted by Gasteiger charge is -2.02. The first-order chi connectivity index (χ1) is 7.75. The van der Waals surface area contributed by atoms with Gasteiger partial charge in [-0.25, -0.2) is 4.79 Å². The predicted octanol–water partition coefficient (Wildman–Crippen LogP) is 1.13. The lowest BCUT2D eigenvalue weighted by atomic mass is 10.3. The van der Waals surface area contributed by atoms with E-state index in [1.165, 1.54) is 16.9 Å². The number of hydrogen-bond donors (Lipinski definition) is 1. The molecule has 0 unspecified atom stereocenters. The Hall–Kier alpha value is -2.04. The van der Waals surface area contributed by atoms with Gasteiger partial charge in [0.2, 0.25) is 0 Å². The summed E-state index contributed by atoms with van der Waals surface area (Å²) in [6.07, 6.45) is 3.31. The third-order valence-corrected chi connectivity index (χ3v) is 2.66. The van der Waals surface area contributed by atoms with E-state index < -0.39 is 0 Å². The number of aromatic nitrogens is 2. The van der Waals surface area contributed by atoms with Crippen molar-refractivity contribution in [3.63, 3.8) is 0 Å². The molecular weight excluding hydrogens is 208 g/mol. The number of hydrogen-bond acceptors (Lipinski definition) is 3. The molecule has 1 fully saturated rings. The van der Waals surface area contributed by atoms with Gasteiger partial charge in [-0.05, 0) is 25.0 Å². The van der Waals surface area contributed by atoms with Crippen LogP contribution in [0.4, 0.5) is 0 Å². The summed E-state index contributed by atoms with van der Waals surface area (Å²) in [7, 11) is 0. The van der Waals surface area contributed by atoms with Crippen molar-refractivity contribution >= 4 is 0 Å². The summed E-state index contributed by atoms with van der Waals surface area (Å²) in [5.41, 5.74) is -0.198. The lowest BCUT2D eigenvalue weighted by Crippen LogP contribution is -2.34. The monoisotopic (exact) mass is 218 g/mol.